The van der Waals surface area contributed by atoms with Gasteiger partial charge in [-0.05, 0) is 24.3 Å². The lowest BCUT2D eigenvalue weighted by atomic mass is 9.95. The highest BCUT2D eigenvalue weighted by molar-refractivity contribution is 7.92. The summed E-state index contributed by atoms with van der Waals surface area (Å²) in [6.45, 7) is 5.25. The Morgan fingerprint density at radius 1 is 1.03 bits per heavy atom. The van der Waals surface area contributed by atoms with Crippen LogP contribution in [0.2, 0.25) is 0 Å². The first-order valence-corrected chi connectivity index (χ1v) is 10.5. The molecule has 0 saturated carbocycles. The number of sulfonamides is 1. The number of aromatic nitrogens is 1. The first-order chi connectivity index (χ1) is 14.3. The highest BCUT2D eigenvalue weighted by Gasteiger charge is 2.24. The highest BCUT2D eigenvalue weighted by Crippen LogP contribution is 2.29. The molecule has 0 atom stereocenters. The van der Waals surface area contributed by atoms with Gasteiger partial charge < -0.3 is 15.4 Å². The second kappa shape index (κ2) is 7.65. The van der Waals surface area contributed by atoms with Crippen LogP contribution >= 0.6 is 0 Å². The van der Waals surface area contributed by atoms with Crippen molar-refractivity contribution in [2.45, 2.75) is 25.7 Å². The molecule has 0 saturated heterocycles. The number of carbonyl (C=O) groups excluding carboxylic acids is 1. The lowest BCUT2D eigenvalue weighted by Crippen LogP contribution is -2.27. The molecular formula is C20H19F2N3O5S. The van der Waals surface area contributed by atoms with Crippen molar-refractivity contribution < 1.29 is 31.9 Å². The van der Waals surface area contributed by atoms with Gasteiger partial charge in [0.15, 0.2) is 0 Å². The van der Waals surface area contributed by atoms with Gasteiger partial charge in [0.1, 0.15) is 11.6 Å². The number of nitrogens with one attached hydrogen (secondary N) is 3. The van der Waals surface area contributed by atoms with Crippen molar-refractivity contribution in [2.24, 2.45) is 5.41 Å². The molecule has 11 heteroatoms. The van der Waals surface area contributed by atoms with Crippen molar-refractivity contribution >= 4 is 44.2 Å². The second-order valence-corrected chi connectivity index (χ2v) is 9.52. The van der Waals surface area contributed by atoms with E-state index < -0.39 is 44.3 Å². The van der Waals surface area contributed by atoms with Gasteiger partial charge in [-0.25, -0.2) is 22.0 Å². The van der Waals surface area contributed by atoms with Crippen molar-refractivity contribution in [3.8, 4) is 0 Å². The van der Waals surface area contributed by atoms with E-state index in [2.05, 4.69) is 10.3 Å². The van der Waals surface area contributed by atoms with Crippen LogP contribution < -0.4 is 10.0 Å². The normalized spacial score (nSPS) is 12.0. The Morgan fingerprint density at radius 2 is 1.71 bits per heavy atom. The topological polar surface area (TPSA) is 128 Å². The van der Waals surface area contributed by atoms with E-state index in [1.165, 1.54) is 24.4 Å². The van der Waals surface area contributed by atoms with Gasteiger partial charge in [-0.2, -0.15) is 0 Å². The van der Waals surface area contributed by atoms with E-state index in [4.69, 9.17) is 5.11 Å². The van der Waals surface area contributed by atoms with Crippen LogP contribution in [0.3, 0.4) is 0 Å². The zero-order valence-electron chi connectivity index (χ0n) is 16.7. The third-order valence-electron chi connectivity index (χ3n) is 4.42. The van der Waals surface area contributed by atoms with E-state index in [0.29, 0.717) is 28.7 Å². The molecule has 0 radical (unpaired) electrons. The molecular weight excluding hydrogens is 432 g/mol. The molecule has 4 N–H and O–H groups in total. The first kappa shape index (κ1) is 22.2. The molecule has 1 aromatic heterocycles. The summed E-state index contributed by atoms with van der Waals surface area (Å²) in [4.78, 5) is 25.7. The molecule has 3 rings (SSSR count). The van der Waals surface area contributed by atoms with E-state index in [0.717, 1.165) is 0 Å². The van der Waals surface area contributed by atoms with Crippen LogP contribution in [0, 0.1) is 17.0 Å². The second-order valence-electron chi connectivity index (χ2n) is 7.84. The average Bonchev–Trinajstić information content (AvgIpc) is 3.05. The number of amides is 1. The summed E-state index contributed by atoms with van der Waals surface area (Å²) < 4.78 is 55.1. The zero-order valence-corrected chi connectivity index (χ0v) is 17.5. The molecule has 0 unspecified atom stereocenters. The Kier molecular flexibility index (Phi) is 5.49. The SMILES string of the molecule is CC(C)(C)C(=O)Nc1c[nH]c2cc(S(=O)(=O)Nc3cc(F)c(C(=O)O)cc3F)ccc12. The summed E-state index contributed by atoms with van der Waals surface area (Å²) in [6.07, 6.45) is 1.51. The molecule has 0 bridgehead atoms. The van der Waals surface area contributed by atoms with Crippen LogP contribution in [0.1, 0.15) is 31.1 Å². The largest absolute Gasteiger partial charge is 0.478 e. The molecule has 8 nitrogen and oxygen atoms in total. The van der Waals surface area contributed by atoms with Crippen LogP contribution in [-0.2, 0) is 14.8 Å². The maximum Gasteiger partial charge on any atom is 0.338 e. The monoisotopic (exact) mass is 451 g/mol. The summed E-state index contributed by atoms with van der Waals surface area (Å²) >= 11 is 0. The molecule has 1 heterocycles. The molecule has 0 spiro atoms. The van der Waals surface area contributed by atoms with Crippen LogP contribution in [0.25, 0.3) is 10.9 Å². The van der Waals surface area contributed by atoms with E-state index >= 15 is 0 Å². The number of hydrogen-bond donors (Lipinski definition) is 4. The third-order valence-corrected chi connectivity index (χ3v) is 5.79. The van der Waals surface area contributed by atoms with Crippen molar-refractivity contribution in [3.63, 3.8) is 0 Å². The number of carbonyl (C=O) groups is 2. The summed E-state index contributed by atoms with van der Waals surface area (Å²) in [5, 5.41) is 12.1. The van der Waals surface area contributed by atoms with E-state index in [-0.39, 0.29) is 10.8 Å². The Balaban J connectivity index is 1.92. The summed E-state index contributed by atoms with van der Waals surface area (Å²) in [6, 6.07) is 4.83. The van der Waals surface area contributed by atoms with Crippen molar-refractivity contribution in [2.75, 3.05) is 10.0 Å². The molecule has 1 amide bonds. The van der Waals surface area contributed by atoms with Crippen LogP contribution in [0.5, 0.6) is 0 Å². The number of rotatable bonds is 5. The van der Waals surface area contributed by atoms with Crippen LogP contribution in [0.4, 0.5) is 20.2 Å². The quantitative estimate of drug-likeness (QED) is 0.467. The van der Waals surface area contributed by atoms with Crippen LogP contribution in [-0.4, -0.2) is 30.4 Å². The van der Waals surface area contributed by atoms with Gasteiger partial charge in [-0.15, -0.1) is 0 Å². The minimum Gasteiger partial charge on any atom is -0.478 e. The number of benzene rings is 2. The Hall–Kier alpha value is -3.47. The summed E-state index contributed by atoms with van der Waals surface area (Å²) in [5.74, 6) is -4.44. The molecule has 2 aromatic carbocycles. The Bertz CT molecular complexity index is 1310. The minimum absolute atomic E-state index is 0.228. The number of halogens is 2. The smallest absolute Gasteiger partial charge is 0.338 e. The van der Waals surface area contributed by atoms with Crippen molar-refractivity contribution in [1.82, 2.24) is 4.98 Å². The molecule has 0 aliphatic rings. The number of aromatic carboxylic acids is 1. The van der Waals surface area contributed by atoms with Gasteiger partial charge in [0.05, 0.1) is 21.8 Å². The maximum atomic E-state index is 14.1. The lowest BCUT2D eigenvalue weighted by molar-refractivity contribution is -0.123. The third kappa shape index (κ3) is 4.50. The molecule has 164 valence electrons. The molecule has 3 aromatic rings. The molecule has 0 aliphatic carbocycles. The average molecular weight is 451 g/mol. The number of aromatic amines is 1. The standard InChI is InChI=1S/C20H19F2N3O5S/c1-20(2,3)19(28)24-17-9-23-15-6-10(4-5-11(15)17)31(29,30)25-16-8-13(21)12(18(26)27)7-14(16)22/h4-9,23,25H,1-3H3,(H,24,28)(H,26,27). The van der Waals surface area contributed by atoms with Crippen molar-refractivity contribution in [3.05, 3.63) is 53.7 Å². The Morgan fingerprint density at radius 3 is 2.32 bits per heavy atom. The number of H-pyrrole nitrogens is 1. The van der Waals surface area contributed by atoms with Gasteiger partial charge >= 0.3 is 5.97 Å². The number of carboxylic acid groups (broad SMARTS) is 1. The van der Waals surface area contributed by atoms with Crippen molar-refractivity contribution in [1.29, 1.82) is 0 Å². The maximum absolute atomic E-state index is 14.1. The first-order valence-electron chi connectivity index (χ1n) is 8.97. The number of anilines is 2. The van der Waals surface area contributed by atoms with E-state index in [1.807, 2.05) is 4.72 Å². The zero-order chi connectivity index (χ0) is 23.1. The van der Waals surface area contributed by atoms with Gasteiger partial charge in [0, 0.05) is 28.6 Å². The summed E-state index contributed by atoms with van der Waals surface area (Å²) in [7, 11) is -4.33. The fourth-order valence-electron chi connectivity index (χ4n) is 2.68. The lowest BCUT2D eigenvalue weighted by Gasteiger charge is -2.17. The molecule has 0 fully saturated rings. The van der Waals surface area contributed by atoms with Gasteiger partial charge in [-0.1, -0.05) is 20.8 Å². The number of fused-ring (bicyclic) bond motifs is 1. The highest BCUT2D eigenvalue weighted by atomic mass is 32.2. The predicted molar refractivity (Wildman–Crippen MR) is 111 cm³/mol. The van der Waals surface area contributed by atoms with E-state index in [1.54, 1.807) is 20.8 Å². The minimum atomic E-state index is -4.33. The molecule has 0 aliphatic heterocycles. The number of carboxylic acids is 1. The molecule has 31 heavy (non-hydrogen) atoms. The summed E-state index contributed by atoms with van der Waals surface area (Å²) in [5.41, 5.74) is -1.43. The van der Waals surface area contributed by atoms with Crippen LogP contribution in [0.15, 0.2) is 41.4 Å². The van der Waals surface area contributed by atoms with Gasteiger partial charge in [0.25, 0.3) is 10.0 Å². The fraction of sp³-hybridized carbons (Fsp3) is 0.200. The van der Waals surface area contributed by atoms with Gasteiger partial charge in [-0.3, -0.25) is 9.52 Å². The van der Waals surface area contributed by atoms with E-state index in [9.17, 15) is 26.8 Å². The fourth-order valence-corrected chi connectivity index (χ4v) is 3.76. The van der Waals surface area contributed by atoms with Gasteiger partial charge in [0.2, 0.25) is 5.91 Å². The number of hydrogen-bond acceptors (Lipinski definition) is 4. The Labute approximate surface area is 176 Å². The predicted octanol–water partition coefficient (Wildman–Crippen LogP) is 3.93.